The first-order chi connectivity index (χ1) is 12.1. The Morgan fingerprint density at radius 2 is 1.92 bits per heavy atom. The number of ether oxygens (including phenoxy) is 2. The molecule has 0 saturated carbocycles. The number of hydrogen-bond acceptors (Lipinski definition) is 5. The molecule has 7 heteroatoms. The lowest BCUT2D eigenvalue weighted by Crippen LogP contribution is -2.30. The highest BCUT2D eigenvalue weighted by atomic mass is 16.6. The molecule has 1 atom stereocenters. The fraction of sp³-hybridized carbons (Fsp3) is 0.278. The van der Waals surface area contributed by atoms with Crippen molar-refractivity contribution in [3.63, 3.8) is 0 Å². The minimum Gasteiger partial charge on any atom is -0.497 e. The Labute approximate surface area is 144 Å². The number of nitrogens with zero attached hydrogens (tertiary/aromatic N) is 2. The van der Waals surface area contributed by atoms with Crippen molar-refractivity contribution in [3.8, 4) is 11.5 Å². The van der Waals surface area contributed by atoms with Crippen molar-refractivity contribution in [1.82, 2.24) is 4.90 Å². The van der Waals surface area contributed by atoms with Crippen LogP contribution in [-0.2, 0) is 0 Å². The Hall–Kier alpha value is -3.09. The highest BCUT2D eigenvalue weighted by Crippen LogP contribution is 2.23. The van der Waals surface area contributed by atoms with Crippen LogP contribution in [0.1, 0.15) is 16.8 Å². The van der Waals surface area contributed by atoms with Crippen LogP contribution in [0.3, 0.4) is 0 Å². The Bertz CT molecular complexity index is 775. The van der Waals surface area contributed by atoms with E-state index in [4.69, 9.17) is 9.47 Å². The zero-order valence-corrected chi connectivity index (χ0v) is 13.8. The molecule has 1 aliphatic rings. The molecule has 0 aromatic heterocycles. The van der Waals surface area contributed by atoms with Crippen LogP contribution in [0, 0.1) is 10.1 Å². The number of carbonyl (C=O) groups excluding carboxylic acids is 1. The number of rotatable bonds is 5. The number of benzene rings is 2. The minimum atomic E-state index is -0.504. The van der Waals surface area contributed by atoms with E-state index in [-0.39, 0.29) is 17.7 Å². The molecular weight excluding hydrogens is 324 g/mol. The fourth-order valence-electron chi connectivity index (χ4n) is 2.79. The largest absolute Gasteiger partial charge is 0.497 e. The van der Waals surface area contributed by atoms with Gasteiger partial charge < -0.3 is 14.4 Å². The molecule has 1 aliphatic heterocycles. The molecule has 1 heterocycles. The van der Waals surface area contributed by atoms with Gasteiger partial charge in [0.05, 0.1) is 18.6 Å². The molecule has 0 bridgehead atoms. The van der Waals surface area contributed by atoms with E-state index in [0.29, 0.717) is 25.1 Å². The van der Waals surface area contributed by atoms with Gasteiger partial charge in [-0.25, -0.2) is 0 Å². The van der Waals surface area contributed by atoms with Crippen molar-refractivity contribution in [1.29, 1.82) is 0 Å². The Morgan fingerprint density at radius 1 is 1.20 bits per heavy atom. The lowest BCUT2D eigenvalue weighted by atomic mass is 10.2. The number of hydrogen-bond donors (Lipinski definition) is 0. The van der Waals surface area contributed by atoms with Crippen LogP contribution < -0.4 is 9.47 Å². The Balaban J connectivity index is 1.62. The summed E-state index contributed by atoms with van der Waals surface area (Å²) >= 11 is 0. The van der Waals surface area contributed by atoms with Gasteiger partial charge in [-0.2, -0.15) is 0 Å². The maximum atomic E-state index is 12.5. The summed E-state index contributed by atoms with van der Waals surface area (Å²) in [5.74, 6) is 1.25. The zero-order valence-electron chi connectivity index (χ0n) is 13.8. The van der Waals surface area contributed by atoms with E-state index in [1.165, 1.54) is 18.2 Å². The zero-order chi connectivity index (χ0) is 17.8. The fourth-order valence-corrected chi connectivity index (χ4v) is 2.79. The highest BCUT2D eigenvalue weighted by Gasteiger charge is 2.28. The lowest BCUT2D eigenvalue weighted by Gasteiger charge is -2.17. The first-order valence-corrected chi connectivity index (χ1v) is 7.91. The second kappa shape index (κ2) is 7.21. The van der Waals surface area contributed by atoms with Gasteiger partial charge in [0, 0.05) is 30.7 Å². The summed E-state index contributed by atoms with van der Waals surface area (Å²) in [5.41, 5.74) is 0.232. The van der Waals surface area contributed by atoms with Crippen molar-refractivity contribution >= 4 is 11.6 Å². The van der Waals surface area contributed by atoms with Gasteiger partial charge in [0.1, 0.15) is 17.6 Å². The third-order valence-electron chi connectivity index (χ3n) is 4.10. The van der Waals surface area contributed by atoms with E-state index in [1.807, 2.05) is 24.3 Å². The summed E-state index contributed by atoms with van der Waals surface area (Å²) in [5, 5.41) is 10.8. The standard InChI is InChI=1S/C18H18N2O5/c1-24-15-5-7-16(8-6-15)25-17-9-10-19(12-17)18(21)13-3-2-4-14(11-13)20(22)23/h2-8,11,17H,9-10,12H2,1H3. The van der Waals surface area contributed by atoms with E-state index >= 15 is 0 Å². The topological polar surface area (TPSA) is 81.9 Å². The monoisotopic (exact) mass is 342 g/mol. The summed E-state index contributed by atoms with van der Waals surface area (Å²) in [6, 6.07) is 13.1. The molecule has 0 spiro atoms. The first-order valence-electron chi connectivity index (χ1n) is 7.91. The van der Waals surface area contributed by atoms with E-state index in [0.717, 1.165) is 11.5 Å². The van der Waals surface area contributed by atoms with Crippen LogP contribution in [0.5, 0.6) is 11.5 Å². The number of non-ortho nitro benzene ring substituents is 1. The molecule has 1 amide bonds. The summed E-state index contributed by atoms with van der Waals surface area (Å²) in [7, 11) is 1.60. The molecule has 0 radical (unpaired) electrons. The molecule has 130 valence electrons. The lowest BCUT2D eigenvalue weighted by molar-refractivity contribution is -0.384. The number of likely N-dealkylation sites (tertiary alicyclic amines) is 1. The SMILES string of the molecule is COc1ccc(OC2CCN(C(=O)c3cccc([N+](=O)[O-])c3)C2)cc1. The maximum absolute atomic E-state index is 12.5. The summed E-state index contributed by atoms with van der Waals surface area (Å²) in [6.07, 6.45) is 0.614. The predicted octanol–water partition coefficient (Wildman–Crippen LogP) is 2.90. The van der Waals surface area contributed by atoms with Crippen LogP contribution in [0.15, 0.2) is 48.5 Å². The van der Waals surface area contributed by atoms with Gasteiger partial charge in [0.25, 0.3) is 11.6 Å². The third-order valence-corrected chi connectivity index (χ3v) is 4.10. The molecule has 25 heavy (non-hydrogen) atoms. The molecule has 0 aliphatic carbocycles. The van der Waals surface area contributed by atoms with Gasteiger partial charge in [0.15, 0.2) is 0 Å². The van der Waals surface area contributed by atoms with Gasteiger partial charge in [-0.3, -0.25) is 14.9 Å². The second-order valence-corrected chi connectivity index (χ2v) is 5.76. The molecule has 2 aromatic carbocycles. The summed E-state index contributed by atoms with van der Waals surface area (Å²) < 4.78 is 11.0. The molecule has 1 unspecified atom stereocenters. The molecule has 1 fully saturated rings. The van der Waals surface area contributed by atoms with E-state index in [1.54, 1.807) is 18.1 Å². The molecule has 3 rings (SSSR count). The van der Waals surface area contributed by atoms with Crippen LogP contribution in [0.4, 0.5) is 5.69 Å². The van der Waals surface area contributed by atoms with Crippen molar-refractivity contribution < 1.29 is 19.2 Å². The van der Waals surface area contributed by atoms with Crippen LogP contribution in [0.25, 0.3) is 0 Å². The Kier molecular flexibility index (Phi) is 4.83. The summed E-state index contributed by atoms with van der Waals surface area (Å²) in [6.45, 7) is 1.01. The normalized spacial score (nSPS) is 16.5. The van der Waals surface area contributed by atoms with Crippen molar-refractivity contribution in [2.75, 3.05) is 20.2 Å². The molecular formula is C18H18N2O5. The average molecular weight is 342 g/mol. The third kappa shape index (κ3) is 3.88. The molecule has 2 aromatic rings. The van der Waals surface area contributed by atoms with Gasteiger partial charge in [0.2, 0.25) is 0 Å². The number of carbonyl (C=O) groups is 1. The number of nitro benzene ring substituents is 1. The van der Waals surface area contributed by atoms with Gasteiger partial charge in [-0.05, 0) is 30.3 Å². The molecule has 7 nitrogen and oxygen atoms in total. The highest BCUT2D eigenvalue weighted by molar-refractivity contribution is 5.95. The van der Waals surface area contributed by atoms with Crippen molar-refractivity contribution in [3.05, 3.63) is 64.2 Å². The van der Waals surface area contributed by atoms with Crippen LogP contribution >= 0.6 is 0 Å². The van der Waals surface area contributed by atoms with Gasteiger partial charge >= 0.3 is 0 Å². The van der Waals surface area contributed by atoms with Crippen LogP contribution in [0.2, 0.25) is 0 Å². The van der Waals surface area contributed by atoms with Gasteiger partial charge in [-0.15, -0.1) is 0 Å². The van der Waals surface area contributed by atoms with Crippen molar-refractivity contribution in [2.24, 2.45) is 0 Å². The van der Waals surface area contributed by atoms with E-state index < -0.39 is 4.92 Å². The van der Waals surface area contributed by atoms with E-state index in [2.05, 4.69) is 0 Å². The smallest absolute Gasteiger partial charge is 0.270 e. The quantitative estimate of drug-likeness (QED) is 0.616. The Morgan fingerprint density at radius 3 is 2.60 bits per heavy atom. The number of amides is 1. The second-order valence-electron chi connectivity index (χ2n) is 5.76. The van der Waals surface area contributed by atoms with Crippen LogP contribution in [-0.4, -0.2) is 42.0 Å². The van der Waals surface area contributed by atoms with Gasteiger partial charge in [-0.1, -0.05) is 6.07 Å². The predicted molar refractivity (Wildman–Crippen MR) is 91.0 cm³/mol. The molecule has 0 N–H and O–H groups in total. The maximum Gasteiger partial charge on any atom is 0.270 e. The van der Waals surface area contributed by atoms with Crippen molar-refractivity contribution in [2.45, 2.75) is 12.5 Å². The number of nitro groups is 1. The first kappa shape index (κ1) is 16.8. The number of methoxy groups -OCH3 is 1. The minimum absolute atomic E-state index is 0.0870. The average Bonchev–Trinajstić information content (AvgIpc) is 3.10. The molecule has 1 saturated heterocycles. The summed E-state index contributed by atoms with van der Waals surface area (Å²) in [4.78, 5) is 24.5. The van der Waals surface area contributed by atoms with E-state index in [9.17, 15) is 14.9 Å².